The van der Waals surface area contributed by atoms with Gasteiger partial charge in [0.05, 0.1) is 17.0 Å². The molecule has 0 spiro atoms. The quantitative estimate of drug-likeness (QED) is 0.482. The van der Waals surface area contributed by atoms with Crippen molar-refractivity contribution in [3.05, 3.63) is 47.1 Å². The van der Waals surface area contributed by atoms with Crippen molar-refractivity contribution in [1.29, 1.82) is 0 Å². The largest absolute Gasteiger partial charge is 0.454 e. The predicted octanol–water partition coefficient (Wildman–Crippen LogP) is 4.51. The molecule has 0 saturated carbocycles. The number of nitrogens with zero attached hydrogens (tertiary/aromatic N) is 3. The molecule has 0 aliphatic carbocycles. The van der Waals surface area contributed by atoms with Crippen molar-refractivity contribution in [1.82, 2.24) is 13.9 Å². The van der Waals surface area contributed by atoms with Gasteiger partial charge in [-0.2, -0.15) is 13.1 Å². The number of halogens is 2. The fraction of sp³-hybridized carbons (Fsp3) is 0.429. The molecule has 3 aromatic rings. The minimum Gasteiger partial charge on any atom is -0.454 e. The van der Waals surface area contributed by atoms with Crippen molar-refractivity contribution in [3.8, 4) is 0 Å². The standard InChI is InChI=1S/C21H23F2N3O4S2/c1-13-9-10-18(31-13)32(28,29)25-11-5-6-15(12-25)20(27)30-14(2)19-24-16-7-3-4-8-17(16)26(19)21(22)23/h3-4,7-10,14-15,21H,5-6,11-12H2,1-2H3. The lowest BCUT2D eigenvalue weighted by Crippen LogP contribution is -2.42. The van der Waals surface area contributed by atoms with Crippen LogP contribution in [0.2, 0.25) is 0 Å². The third-order valence-corrected chi connectivity index (χ3v) is 8.84. The van der Waals surface area contributed by atoms with Gasteiger partial charge in [-0.05, 0) is 51.0 Å². The summed E-state index contributed by atoms with van der Waals surface area (Å²) in [5, 5.41) is 0. The van der Waals surface area contributed by atoms with Gasteiger partial charge >= 0.3 is 12.5 Å². The van der Waals surface area contributed by atoms with Crippen LogP contribution in [0.1, 0.15) is 43.1 Å². The van der Waals surface area contributed by atoms with Gasteiger partial charge in [0.25, 0.3) is 10.0 Å². The van der Waals surface area contributed by atoms with Gasteiger partial charge in [0.1, 0.15) is 4.21 Å². The van der Waals surface area contributed by atoms with Gasteiger partial charge in [0, 0.05) is 18.0 Å². The monoisotopic (exact) mass is 483 g/mol. The Balaban J connectivity index is 1.50. The molecule has 0 radical (unpaired) electrons. The van der Waals surface area contributed by atoms with Gasteiger partial charge in [0.2, 0.25) is 0 Å². The number of carbonyl (C=O) groups excluding carboxylic acids is 1. The molecule has 0 N–H and O–H groups in total. The number of piperidine rings is 1. The predicted molar refractivity (Wildman–Crippen MR) is 116 cm³/mol. The molecule has 1 saturated heterocycles. The maximum absolute atomic E-state index is 13.7. The van der Waals surface area contributed by atoms with E-state index in [4.69, 9.17) is 4.74 Å². The zero-order valence-electron chi connectivity index (χ0n) is 17.6. The number of para-hydroxylation sites is 2. The Bertz CT molecular complexity index is 1240. The molecule has 11 heteroatoms. The van der Waals surface area contributed by atoms with Gasteiger partial charge in [-0.15, -0.1) is 11.3 Å². The Morgan fingerprint density at radius 2 is 2.00 bits per heavy atom. The molecule has 172 valence electrons. The lowest BCUT2D eigenvalue weighted by Gasteiger charge is -2.30. The van der Waals surface area contributed by atoms with Crippen LogP contribution >= 0.6 is 11.3 Å². The second kappa shape index (κ2) is 8.87. The van der Waals surface area contributed by atoms with E-state index in [-0.39, 0.29) is 22.1 Å². The number of aryl methyl sites for hydroxylation is 1. The van der Waals surface area contributed by atoms with Gasteiger partial charge in [0.15, 0.2) is 11.9 Å². The molecular weight excluding hydrogens is 460 g/mol. The van der Waals surface area contributed by atoms with E-state index >= 15 is 0 Å². The summed E-state index contributed by atoms with van der Waals surface area (Å²) in [5.41, 5.74) is 0.633. The van der Waals surface area contributed by atoms with Crippen LogP contribution in [0.3, 0.4) is 0 Å². The van der Waals surface area contributed by atoms with Crippen molar-refractivity contribution in [2.45, 2.75) is 43.6 Å². The van der Waals surface area contributed by atoms with Crippen LogP contribution in [0.4, 0.5) is 8.78 Å². The lowest BCUT2D eigenvalue weighted by atomic mass is 10.00. The summed E-state index contributed by atoms with van der Waals surface area (Å²) < 4.78 is 61.0. The van der Waals surface area contributed by atoms with Gasteiger partial charge in [-0.25, -0.2) is 13.4 Å². The van der Waals surface area contributed by atoms with Crippen molar-refractivity contribution in [3.63, 3.8) is 0 Å². The molecule has 2 atom stereocenters. The first-order valence-corrected chi connectivity index (χ1v) is 12.5. The fourth-order valence-electron chi connectivity index (χ4n) is 3.91. The van der Waals surface area contributed by atoms with Gasteiger partial charge in [-0.1, -0.05) is 12.1 Å². The van der Waals surface area contributed by atoms with E-state index in [1.54, 1.807) is 30.3 Å². The molecule has 1 fully saturated rings. The Kier molecular flexibility index (Phi) is 6.33. The molecule has 32 heavy (non-hydrogen) atoms. The van der Waals surface area contributed by atoms with Crippen LogP contribution in [-0.2, 0) is 19.6 Å². The second-order valence-electron chi connectivity index (χ2n) is 7.75. The van der Waals surface area contributed by atoms with Gasteiger partial charge in [-0.3, -0.25) is 9.36 Å². The Morgan fingerprint density at radius 3 is 2.69 bits per heavy atom. The zero-order chi connectivity index (χ0) is 23.0. The van der Waals surface area contributed by atoms with Crippen molar-refractivity contribution >= 4 is 38.4 Å². The normalized spacial score (nSPS) is 18.8. The smallest absolute Gasteiger partial charge is 0.320 e. The van der Waals surface area contributed by atoms with E-state index in [0.717, 1.165) is 9.44 Å². The summed E-state index contributed by atoms with van der Waals surface area (Å²) in [5.74, 6) is -1.34. The highest BCUT2D eigenvalue weighted by Crippen LogP contribution is 2.31. The number of thiophene rings is 1. The van der Waals surface area contributed by atoms with Crippen molar-refractivity contribution < 1.29 is 26.7 Å². The molecule has 1 aromatic carbocycles. The molecule has 3 heterocycles. The number of esters is 1. The minimum atomic E-state index is -3.70. The van der Waals surface area contributed by atoms with Crippen LogP contribution < -0.4 is 0 Å². The number of benzene rings is 1. The average molecular weight is 484 g/mol. The fourth-order valence-corrected chi connectivity index (χ4v) is 6.87. The Morgan fingerprint density at radius 1 is 1.25 bits per heavy atom. The molecule has 0 bridgehead atoms. The maximum Gasteiger partial charge on any atom is 0.320 e. The number of imidazole rings is 1. The first-order valence-electron chi connectivity index (χ1n) is 10.2. The first-order chi connectivity index (χ1) is 15.2. The number of ether oxygens (including phenoxy) is 1. The summed E-state index contributed by atoms with van der Waals surface area (Å²) in [4.78, 5) is 17.9. The molecule has 1 aliphatic rings. The number of carbonyl (C=O) groups is 1. The highest BCUT2D eigenvalue weighted by atomic mass is 32.2. The first kappa shape index (κ1) is 22.8. The summed E-state index contributed by atoms with van der Waals surface area (Å²) in [7, 11) is -3.70. The third kappa shape index (κ3) is 4.28. The molecule has 2 unspecified atom stereocenters. The van der Waals surface area contributed by atoms with Crippen LogP contribution in [0.15, 0.2) is 40.6 Å². The lowest BCUT2D eigenvalue weighted by molar-refractivity contribution is -0.155. The number of rotatable bonds is 6. The highest BCUT2D eigenvalue weighted by molar-refractivity contribution is 7.91. The van der Waals surface area contributed by atoms with E-state index in [9.17, 15) is 22.0 Å². The number of hydrogen-bond donors (Lipinski definition) is 0. The van der Waals surface area contributed by atoms with Crippen molar-refractivity contribution in [2.24, 2.45) is 5.92 Å². The number of fused-ring (bicyclic) bond motifs is 1. The number of aromatic nitrogens is 2. The van der Waals surface area contributed by atoms with E-state index in [1.807, 2.05) is 6.92 Å². The topological polar surface area (TPSA) is 81.5 Å². The minimum absolute atomic E-state index is 0.00387. The zero-order valence-corrected chi connectivity index (χ0v) is 19.2. The summed E-state index contributed by atoms with van der Waals surface area (Å²) in [6, 6.07) is 9.77. The van der Waals surface area contributed by atoms with E-state index in [0.29, 0.717) is 24.9 Å². The Hall–Kier alpha value is -2.37. The SMILES string of the molecule is Cc1ccc(S(=O)(=O)N2CCCC(C(=O)OC(C)c3nc4ccccc4n3C(F)F)C2)s1. The van der Waals surface area contributed by atoms with E-state index in [2.05, 4.69) is 4.98 Å². The molecular formula is C21H23F2N3O4S2. The third-order valence-electron chi connectivity index (χ3n) is 5.50. The summed E-state index contributed by atoms with van der Waals surface area (Å²) in [6.45, 7) is 0.788. The molecule has 0 amide bonds. The Labute approximate surface area is 188 Å². The second-order valence-corrected chi connectivity index (χ2v) is 11.2. The van der Waals surface area contributed by atoms with E-state index in [1.165, 1.54) is 28.6 Å². The molecule has 4 rings (SSSR count). The van der Waals surface area contributed by atoms with Crippen LogP contribution in [0.5, 0.6) is 0 Å². The number of alkyl halides is 2. The van der Waals surface area contributed by atoms with Crippen LogP contribution in [0, 0.1) is 12.8 Å². The highest BCUT2D eigenvalue weighted by Gasteiger charge is 2.36. The van der Waals surface area contributed by atoms with Crippen LogP contribution in [-0.4, -0.2) is 41.3 Å². The summed E-state index contributed by atoms with van der Waals surface area (Å²) >= 11 is 1.18. The van der Waals surface area contributed by atoms with E-state index < -0.39 is 34.6 Å². The average Bonchev–Trinajstić information content (AvgIpc) is 3.38. The summed E-state index contributed by atoms with van der Waals surface area (Å²) in [6.07, 6.45) is -0.0459. The molecule has 7 nitrogen and oxygen atoms in total. The maximum atomic E-state index is 13.7. The van der Waals surface area contributed by atoms with Crippen molar-refractivity contribution in [2.75, 3.05) is 13.1 Å². The molecule has 2 aromatic heterocycles. The number of sulfonamides is 1. The van der Waals surface area contributed by atoms with Gasteiger partial charge < -0.3 is 4.74 Å². The molecule has 1 aliphatic heterocycles. The van der Waals surface area contributed by atoms with Crippen LogP contribution in [0.25, 0.3) is 11.0 Å². The number of hydrogen-bond acceptors (Lipinski definition) is 6.